The third-order valence-electron chi connectivity index (χ3n) is 3.96. The lowest BCUT2D eigenvalue weighted by Crippen LogP contribution is -2.30. The summed E-state index contributed by atoms with van der Waals surface area (Å²) in [6.07, 6.45) is 1.98. The number of hydrogen-bond donors (Lipinski definition) is 1. The van der Waals surface area contributed by atoms with E-state index in [-0.39, 0.29) is 11.4 Å². The minimum Gasteiger partial charge on any atom is -0.448 e. The first-order chi connectivity index (χ1) is 12.0. The fourth-order valence-electron chi connectivity index (χ4n) is 2.67. The number of rotatable bonds is 5. The topological polar surface area (TPSA) is 98.5 Å². The number of thiophene rings is 1. The molecule has 1 aliphatic rings. The number of nitrogens with one attached hydrogen (secondary N) is 1. The van der Waals surface area contributed by atoms with Gasteiger partial charge in [-0.05, 0) is 43.9 Å². The van der Waals surface area contributed by atoms with Crippen LogP contribution >= 0.6 is 11.3 Å². The van der Waals surface area contributed by atoms with Crippen molar-refractivity contribution in [2.45, 2.75) is 32.3 Å². The monoisotopic (exact) mass is 360 g/mol. The van der Waals surface area contributed by atoms with Crippen molar-refractivity contribution >= 4 is 34.6 Å². The number of fused-ring (bicyclic) bond motifs is 1. The molecule has 1 heterocycles. The van der Waals surface area contributed by atoms with Crippen LogP contribution in [0.1, 0.15) is 33.5 Å². The molecule has 0 fully saturated rings. The lowest BCUT2D eigenvalue weighted by Gasteiger charge is -2.13. The average molecular weight is 360 g/mol. The van der Waals surface area contributed by atoms with Gasteiger partial charge < -0.3 is 10.1 Å². The predicted octanol–water partition coefficient (Wildman–Crippen LogP) is 3.33. The Labute approximate surface area is 147 Å². The summed E-state index contributed by atoms with van der Waals surface area (Å²) in [5.74, 6) is -1.17. The maximum atomic E-state index is 12.2. The lowest BCUT2D eigenvalue weighted by molar-refractivity contribution is -0.383. The predicted molar refractivity (Wildman–Crippen MR) is 92.9 cm³/mol. The largest absolute Gasteiger partial charge is 0.448 e. The van der Waals surface area contributed by atoms with Gasteiger partial charge in [0, 0.05) is 10.9 Å². The highest BCUT2D eigenvalue weighted by atomic mass is 32.1. The van der Waals surface area contributed by atoms with Gasteiger partial charge in [-0.15, -0.1) is 11.3 Å². The number of anilines is 1. The van der Waals surface area contributed by atoms with E-state index < -0.39 is 22.9 Å². The normalized spacial score (nSPS) is 13.8. The molecular formula is C17H16N2O5S. The van der Waals surface area contributed by atoms with E-state index in [0.29, 0.717) is 4.88 Å². The number of benzene rings is 1. The first-order valence-electron chi connectivity index (χ1n) is 7.82. The van der Waals surface area contributed by atoms with E-state index in [2.05, 4.69) is 5.32 Å². The average Bonchev–Trinajstić information content (AvgIpc) is 3.16. The molecule has 1 atom stereocenters. The number of carbonyl (C=O) groups excluding carboxylic acids is 2. The third-order valence-corrected chi connectivity index (χ3v) is 5.18. The fraction of sp³-hybridized carbons (Fsp3) is 0.294. The van der Waals surface area contributed by atoms with Crippen LogP contribution in [0.2, 0.25) is 0 Å². The van der Waals surface area contributed by atoms with Crippen LogP contribution in [0.4, 0.5) is 11.4 Å². The summed E-state index contributed by atoms with van der Waals surface area (Å²) in [7, 11) is 0. The molecular weight excluding hydrogens is 344 g/mol. The van der Waals surface area contributed by atoms with Gasteiger partial charge in [0.05, 0.1) is 4.92 Å². The minimum absolute atomic E-state index is 0.0653. The van der Waals surface area contributed by atoms with Crippen LogP contribution in [0.5, 0.6) is 0 Å². The molecule has 25 heavy (non-hydrogen) atoms. The van der Waals surface area contributed by atoms with Crippen LogP contribution in [0, 0.1) is 10.1 Å². The molecule has 1 unspecified atom stereocenters. The molecule has 3 rings (SSSR count). The van der Waals surface area contributed by atoms with Crippen molar-refractivity contribution in [1.29, 1.82) is 0 Å². The highest BCUT2D eigenvalue weighted by Crippen LogP contribution is 2.31. The van der Waals surface area contributed by atoms with E-state index in [1.807, 2.05) is 6.07 Å². The van der Waals surface area contributed by atoms with Gasteiger partial charge in [0.1, 0.15) is 10.6 Å². The number of carbonyl (C=O) groups is 2. The number of nitro benzene ring substituents is 1. The van der Waals surface area contributed by atoms with Crippen LogP contribution < -0.4 is 5.32 Å². The Morgan fingerprint density at radius 3 is 2.80 bits per heavy atom. The zero-order valence-electron chi connectivity index (χ0n) is 13.5. The highest BCUT2D eigenvalue weighted by molar-refractivity contribution is 7.14. The number of para-hydroxylation sites is 2. The van der Waals surface area contributed by atoms with E-state index in [9.17, 15) is 19.7 Å². The standard InChI is InChI=1S/C17H16N2O5S/c1-10(16(20)18-12-6-2-3-7-13(12)19(22)23)24-17(21)15-9-11-5-4-8-14(11)25-15/h2-3,6-7,9-10H,4-5,8H2,1H3,(H,18,20). The van der Waals surface area contributed by atoms with E-state index in [1.54, 1.807) is 6.07 Å². The van der Waals surface area contributed by atoms with Crippen molar-refractivity contribution < 1.29 is 19.2 Å². The SMILES string of the molecule is CC(OC(=O)c1cc2c(s1)CCC2)C(=O)Nc1ccccc1[N+](=O)[O-]. The number of aryl methyl sites for hydroxylation is 2. The number of hydrogen-bond acceptors (Lipinski definition) is 6. The second kappa shape index (κ2) is 7.02. The van der Waals surface area contributed by atoms with Crippen LogP contribution in [-0.2, 0) is 22.4 Å². The fourth-order valence-corrected chi connectivity index (χ4v) is 3.81. The molecule has 1 aliphatic carbocycles. The molecule has 0 radical (unpaired) electrons. The third kappa shape index (κ3) is 3.69. The first-order valence-corrected chi connectivity index (χ1v) is 8.64. The van der Waals surface area contributed by atoms with Gasteiger partial charge in [-0.25, -0.2) is 4.79 Å². The molecule has 0 spiro atoms. The van der Waals surface area contributed by atoms with E-state index in [0.717, 1.165) is 19.3 Å². The van der Waals surface area contributed by atoms with E-state index in [4.69, 9.17) is 4.74 Å². The summed E-state index contributed by atoms with van der Waals surface area (Å²) in [6, 6.07) is 7.62. The molecule has 1 N–H and O–H groups in total. The second-order valence-corrected chi connectivity index (χ2v) is 6.86. The van der Waals surface area contributed by atoms with Gasteiger partial charge >= 0.3 is 5.97 Å². The summed E-state index contributed by atoms with van der Waals surface area (Å²) < 4.78 is 5.20. The number of esters is 1. The molecule has 0 saturated carbocycles. The summed E-state index contributed by atoms with van der Waals surface area (Å²) in [5.41, 5.74) is 1.02. The summed E-state index contributed by atoms with van der Waals surface area (Å²) >= 11 is 1.40. The van der Waals surface area contributed by atoms with E-state index in [1.165, 1.54) is 46.9 Å². The smallest absolute Gasteiger partial charge is 0.349 e. The lowest BCUT2D eigenvalue weighted by atomic mass is 10.2. The Bertz CT molecular complexity index is 824. The van der Waals surface area contributed by atoms with Crippen LogP contribution in [0.15, 0.2) is 30.3 Å². The summed E-state index contributed by atoms with van der Waals surface area (Å²) in [6.45, 7) is 1.43. The maximum Gasteiger partial charge on any atom is 0.349 e. The molecule has 1 amide bonds. The van der Waals surface area contributed by atoms with Gasteiger partial charge in [-0.2, -0.15) is 0 Å². The summed E-state index contributed by atoms with van der Waals surface area (Å²) in [4.78, 5) is 36.4. The van der Waals surface area contributed by atoms with Gasteiger partial charge in [0.15, 0.2) is 6.10 Å². The van der Waals surface area contributed by atoms with Crippen LogP contribution in [-0.4, -0.2) is 22.9 Å². The van der Waals surface area contributed by atoms with Gasteiger partial charge in [0.25, 0.3) is 11.6 Å². The van der Waals surface area contributed by atoms with Crippen molar-refractivity contribution in [2.24, 2.45) is 0 Å². The molecule has 1 aromatic heterocycles. The molecule has 130 valence electrons. The molecule has 2 aromatic rings. The van der Waals surface area contributed by atoms with Crippen molar-refractivity contribution in [3.05, 3.63) is 55.8 Å². The first kappa shape index (κ1) is 17.1. The Morgan fingerprint density at radius 2 is 2.08 bits per heavy atom. The Morgan fingerprint density at radius 1 is 1.32 bits per heavy atom. The number of ether oxygens (including phenoxy) is 1. The second-order valence-electron chi connectivity index (χ2n) is 5.72. The molecule has 0 aliphatic heterocycles. The van der Waals surface area contributed by atoms with Crippen molar-refractivity contribution in [1.82, 2.24) is 0 Å². The number of amides is 1. The Hall–Kier alpha value is -2.74. The van der Waals surface area contributed by atoms with Crippen molar-refractivity contribution in [3.8, 4) is 0 Å². The Balaban J connectivity index is 1.64. The Kier molecular flexibility index (Phi) is 4.80. The summed E-state index contributed by atoms with van der Waals surface area (Å²) in [5, 5.41) is 13.4. The molecule has 7 nitrogen and oxygen atoms in total. The number of nitro groups is 1. The highest BCUT2D eigenvalue weighted by Gasteiger charge is 2.24. The molecule has 8 heteroatoms. The van der Waals surface area contributed by atoms with Gasteiger partial charge in [-0.1, -0.05) is 12.1 Å². The molecule has 1 aromatic carbocycles. The van der Waals surface area contributed by atoms with Crippen molar-refractivity contribution in [2.75, 3.05) is 5.32 Å². The molecule has 0 saturated heterocycles. The van der Waals surface area contributed by atoms with Crippen LogP contribution in [0.25, 0.3) is 0 Å². The zero-order chi connectivity index (χ0) is 18.0. The minimum atomic E-state index is -1.07. The molecule has 0 bridgehead atoms. The maximum absolute atomic E-state index is 12.2. The van der Waals surface area contributed by atoms with Gasteiger partial charge in [0.2, 0.25) is 0 Å². The van der Waals surface area contributed by atoms with Gasteiger partial charge in [-0.3, -0.25) is 14.9 Å². The zero-order valence-corrected chi connectivity index (χ0v) is 14.3. The number of nitrogens with zero attached hydrogens (tertiary/aromatic N) is 1. The quantitative estimate of drug-likeness (QED) is 0.501. The van der Waals surface area contributed by atoms with E-state index >= 15 is 0 Å². The van der Waals surface area contributed by atoms with Crippen molar-refractivity contribution in [3.63, 3.8) is 0 Å². The van der Waals surface area contributed by atoms with Crippen LogP contribution in [0.3, 0.4) is 0 Å².